The maximum Gasteiger partial charge on any atom is 0.142 e. The summed E-state index contributed by atoms with van der Waals surface area (Å²) >= 11 is 6.20. The Morgan fingerprint density at radius 1 is 0.846 bits per heavy atom. The van der Waals surface area contributed by atoms with Crippen LogP contribution in [0.15, 0.2) is 48.5 Å². The third-order valence-corrected chi connectivity index (χ3v) is 3.97. The summed E-state index contributed by atoms with van der Waals surface area (Å²) in [7, 11) is 3.23. The lowest BCUT2D eigenvalue weighted by atomic mass is 10.2. The van der Waals surface area contributed by atoms with Crippen LogP contribution < -0.4 is 20.1 Å². The van der Waals surface area contributed by atoms with Crippen LogP contribution in [0.5, 0.6) is 11.5 Å². The fourth-order valence-electron chi connectivity index (χ4n) is 2.45. The number of para-hydroxylation sites is 1. The molecule has 134 valence electrons. The molecule has 0 saturated heterocycles. The number of aromatic nitrogens is 2. The van der Waals surface area contributed by atoms with E-state index in [4.69, 9.17) is 21.1 Å². The second-order valence-corrected chi connectivity index (χ2v) is 5.89. The summed E-state index contributed by atoms with van der Waals surface area (Å²) in [5.41, 5.74) is 1.52. The number of hydrogen-bond donors (Lipinski definition) is 2. The lowest BCUT2D eigenvalue weighted by Gasteiger charge is -2.14. The summed E-state index contributed by atoms with van der Waals surface area (Å²) in [5, 5.41) is 7.08. The number of ether oxygens (including phenoxy) is 2. The van der Waals surface area contributed by atoms with Gasteiger partial charge < -0.3 is 20.1 Å². The molecule has 0 radical (unpaired) electrons. The average molecular weight is 371 g/mol. The molecule has 0 bridgehead atoms. The second-order valence-electron chi connectivity index (χ2n) is 5.48. The number of hydrogen-bond acceptors (Lipinski definition) is 6. The van der Waals surface area contributed by atoms with Crippen LogP contribution in [0.3, 0.4) is 0 Å². The number of nitrogens with one attached hydrogen (secondary N) is 2. The third kappa shape index (κ3) is 4.15. The van der Waals surface area contributed by atoms with Gasteiger partial charge in [0.05, 0.1) is 30.6 Å². The molecule has 0 unspecified atom stereocenters. The van der Waals surface area contributed by atoms with Crippen LogP contribution in [0.25, 0.3) is 0 Å². The highest BCUT2D eigenvalue weighted by Gasteiger charge is 2.09. The van der Waals surface area contributed by atoms with Crippen LogP contribution >= 0.6 is 11.6 Å². The van der Waals surface area contributed by atoms with Gasteiger partial charge in [-0.05, 0) is 31.2 Å². The van der Waals surface area contributed by atoms with Crippen molar-refractivity contribution in [3.63, 3.8) is 0 Å². The van der Waals surface area contributed by atoms with Crippen molar-refractivity contribution >= 4 is 34.6 Å². The van der Waals surface area contributed by atoms with Gasteiger partial charge in [0, 0.05) is 12.1 Å². The van der Waals surface area contributed by atoms with Crippen molar-refractivity contribution in [2.45, 2.75) is 6.92 Å². The summed E-state index contributed by atoms with van der Waals surface area (Å²) in [6.45, 7) is 1.83. The molecule has 0 saturated carbocycles. The van der Waals surface area contributed by atoms with Crippen molar-refractivity contribution in [2.75, 3.05) is 24.9 Å². The summed E-state index contributed by atoms with van der Waals surface area (Å²) < 4.78 is 10.7. The van der Waals surface area contributed by atoms with E-state index in [0.717, 1.165) is 11.4 Å². The number of methoxy groups -OCH3 is 2. The maximum absolute atomic E-state index is 6.20. The highest BCUT2D eigenvalue weighted by Crippen LogP contribution is 2.32. The van der Waals surface area contributed by atoms with E-state index < -0.39 is 0 Å². The van der Waals surface area contributed by atoms with Crippen LogP contribution in [0.4, 0.5) is 23.0 Å². The highest BCUT2D eigenvalue weighted by molar-refractivity contribution is 6.33. The van der Waals surface area contributed by atoms with Gasteiger partial charge in [-0.2, -0.15) is 0 Å². The number of aryl methyl sites for hydroxylation is 1. The zero-order valence-corrected chi connectivity index (χ0v) is 15.5. The van der Waals surface area contributed by atoms with Crippen molar-refractivity contribution in [3.05, 3.63) is 59.4 Å². The first kappa shape index (κ1) is 17.8. The first-order valence-electron chi connectivity index (χ1n) is 7.95. The monoisotopic (exact) mass is 370 g/mol. The van der Waals surface area contributed by atoms with Gasteiger partial charge >= 0.3 is 0 Å². The topological polar surface area (TPSA) is 68.3 Å². The van der Waals surface area contributed by atoms with Crippen LogP contribution in [0, 0.1) is 6.92 Å². The Morgan fingerprint density at radius 3 is 2.19 bits per heavy atom. The highest BCUT2D eigenvalue weighted by atomic mass is 35.5. The molecule has 0 fully saturated rings. The third-order valence-electron chi connectivity index (χ3n) is 3.64. The molecule has 1 aromatic heterocycles. The van der Waals surface area contributed by atoms with Gasteiger partial charge in [0.1, 0.15) is 29.0 Å². The Hall–Kier alpha value is -2.99. The second kappa shape index (κ2) is 7.93. The van der Waals surface area contributed by atoms with E-state index in [-0.39, 0.29) is 0 Å². The fourth-order valence-corrected chi connectivity index (χ4v) is 2.63. The Labute approximate surface area is 157 Å². The van der Waals surface area contributed by atoms with E-state index in [0.29, 0.717) is 34.0 Å². The fraction of sp³-hybridized carbons (Fsp3) is 0.158. The molecule has 0 aliphatic carbocycles. The molecule has 0 amide bonds. The number of benzene rings is 2. The van der Waals surface area contributed by atoms with Gasteiger partial charge in [-0.1, -0.05) is 23.7 Å². The molecule has 6 nitrogen and oxygen atoms in total. The van der Waals surface area contributed by atoms with Gasteiger partial charge in [-0.25, -0.2) is 9.97 Å². The molecule has 26 heavy (non-hydrogen) atoms. The van der Waals surface area contributed by atoms with Crippen LogP contribution in [0.2, 0.25) is 5.02 Å². The molecular formula is C19H19ClN4O2. The Bertz CT molecular complexity index is 918. The minimum Gasteiger partial charge on any atom is -0.497 e. The molecular weight excluding hydrogens is 352 g/mol. The van der Waals surface area contributed by atoms with Gasteiger partial charge in [0.2, 0.25) is 0 Å². The van der Waals surface area contributed by atoms with Gasteiger partial charge in [0.15, 0.2) is 0 Å². The van der Waals surface area contributed by atoms with Crippen molar-refractivity contribution in [1.82, 2.24) is 9.97 Å². The van der Waals surface area contributed by atoms with Crippen LogP contribution in [-0.2, 0) is 0 Å². The molecule has 0 spiro atoms. The van der Waals surface area contributed by atoms with E-state index >= 15 is 0 Å². The number of nitrogens with zero attached hydrogens (tertiary/aromatic N) is 2. The van der Waals surface area contributed by atoms with E-state index in [1.54, 1.807) is 20.3 Å². The van der Waals surface area contributed by atoms with Crippen molar-refractivity contribution in [2.24, 2.45) is 0 Å². The molecule has 1 heterocycles. The maximum atomic E-state index is 6.20. The zero-order valence-electron chi connectivity index (χ0n) is 14.7. The van der Waals surface area contributed by atoms with E-state index in [9.17, 15) is 0 Å². The minimum absolute atomic E-state index is 0.617. The van der Waals surface area contributed by atoms with Gasteiger partial charge in [-0.15, -0.1) is 0 Å². The molecule has 3 rings (SSSR count). The zero-order chi connectivity index (χ0) is 18.5. The standard InChI is InChI=1S/C19H19ClN4O2/c1-12-21-18(23-15-7-5-4-6-14(15)20)11-19(22-12)24-16-10-13(25-2)8-9-17(16)26-3/h4-11H,1-3H3,(H2,21,22,23,24). The molecule has 2 N–H and O–H groups in total. The van der Waals surface area contributed by atoms with Crippen molar-refractivity contribution in [3.8, 4) is 11.5 Å². The van der Waals surface area contributed by atoms with Gasteiger partial charge in [-0.3, -0.25) is 0 Å². The van der Waals surface area contributed by atoms with E-state index in [1.165, 1.54) is 0 Å². The molecule has 3 aromatic rings. The van der Waals surface area contributed by atoms with E-state index in [1.807, 2.05) is 49.4 Å². The summed E-state index contributed by atoms with van der Waals surface area (Å²) in [6.07, 6.45) is 0. The van der Waals surface area contributed by atoms with Crippen LogP contribution in [-0.4, -0.2) is 24.2 Å². The first-order valence-corrected chi connectivity index (χ1v) is 8.33. The van der Waals surface area contributed by atoms with Crippen molar-refractivity contribution < 1.29 is 9.47 Å². The lowest BCUT2D eigenvalue weighted by Crippen LogP contribution is -2.03. The SMILES string of the molecule is COc1ccc(OC)c(Nc2cc(Nc3ccccc3Cl)nc(C)n2)c1. The normalized spacial score (nSPS) is 10.3. The molecule has 7 heteroatoms. The predicted molar refractivity (Wildman–Crippen MR) is 104 cm³/mol. The molecule has 0 aliphatic heterocycles. The van der Waals surface area contributed by atoms with Crippen molar-refractivity contribution in [1.29, 1.82) is 0 Å². The molecule has 2 aromatic carbocycles. The Kier molecular flexibility index (Phi) is 5.43. The first-order chi connectivity index (χ1) is 12.6. The number of halogens is 1. The summed E-state index contributed by atoms with van der Waals surface area (Å²) in [4.78, 5) is 8.84. The lowest BCUT2D eigenvalue weighted by molar-refractivity contribution is 0.405. The smallest absolute Gasteiger partial charge is 0.142 e. The number of rotatable bonds is 6. The van der Waals surface area contributed by atoms with E-state index in [2.05, 4.69) is 20.6 Å². The Morgan fingerprint density at radius 2 is 1.54 bits per heavy atom. The predicted octanol–water partition coefficient (Wildman–Crippen LogP) is 4.94. The minimum atomic E-state index is 0.617. The number of anilines is 4. The largest absolute Gasteiger partial charge is 0.497 e. The molecule has 0 aliphatic rings. The Balaban J connectivity index is 1.90. The summed E-state index contributed by atoms with van der Waals surface area (Å²) in [6, 6.07) is 14.8. The molecule has 0 atom stereocenters. The quantitative estimate of drug-likeness (QED) is 0.640. The average Bonchev–Trinajstić information content (AvgIpc) is 2.63. The van der Waals surface area contributed by atoms with Gasteiger partial charge in [0.25, 0.3) is 0 Å². The van der Waals surface area contributed by atoms with Crippen LogP contribution in [0.1, 0.15) is 5.82 Å². The summed E-state index contributed by atoms with van der Waals surface area (Å²) in [5.74, 6) is 3.27.